The van der Waals surface area contributed by atoms with Crippen LogP contribution in [0.25, 0.3) is 17.1 Å². The summed E-state index contributed by atoms with van der Waals surface area (Å²) in [5.41, 5.74) is 1.67. The number of benzene rings is 2. The summed E-state index contributed by atoms with van der Waals surface area (Å²) in [5, 5.41) is 4.85. The molecule has 9 heteroatoms. The number of fused-ring (bicyclic) bond motifs is 2. The van der Waals surface area contributed by atoms with Gasteiger partial charge in [0.05, 0.1) is 26.9 Å². The number of hydrogen-bond acceptors (Lipinski definition) is 7. The fourth-order valence-electron chi connectivity index (χ4n) is 4.04. The predicted molar refractivity (Wildman–Crippen MR) is 114 cm³/mol. The van der Waals surface area contributed by atoms with E-state index in [9.17, 15) is 4.79 Å². The van der Waals surface area contributed by atoms with Gasteiger partial charge in [0.2, 0.25) is 11.1 Å². The third-order valence-corrected chi connectivity index (χ3v) is 5.95. The van der Waals surface area contributed by atoms with Crippen LogP contribution in [-0.4, -0.2) is 53.4 Å². The van der Waals surface area contributed by atoms with Gasteiger partial charge in [-0.25, -0.2) is 4.68 Å². The van der Waals surface area contributed by atoms with E-state index in [1.807, 2.05) is 53.1 Å². The zero-order chi connectivity index (χ0) is 21.5. The zero-order valence-corrected chi connectivity index (χ0v) is 17.9. The number of aromatic nitrogens is 3. The van der Waals surface area contributed by atoms with Gasteiger partial charge in [-0.15, -0.1) is 0 Å². The molecule has 0 amide bonds. The highest BCUT2D eigenvalue weighted by molar-refractivity contribution is 7.71. The van der Waals surface area contributed by atoms with Gasteiger partial charge in [-0.3, -0.25) is 9.36 Å². The molecule has 0 saturated carbocycles. The largest absolute Gasteiger partial charge is 0.493 e. The van der Waals surface area contributed by atoms with Crippen molar-refractivity contribution in [2.45, 2.75) is 24.9 Å². The van der Waals surface area contributed by atoms with Crippen molar-refractivity contribution in [3.63, 3.8) is 0 Å². The number of hydrogen-bond donors (Lipinski definition) is 0. The zero-order valence-electron chi connectivity index (χ0n) is 17.1. The molecular formula is C22H21N3O5S. The predicted octanol–water partition coefficient (Wildman–Crippen LogP) is 3.34. The Balaban J connectivity index is 1.68. The lowest BCUT2D eigenvalue weighted by molar-refractivity contribution is -0.156. The van der Waals surface area contributed by atoms with E-state index in [4.69, 9.17) is 36.3 Å². The van der Waals surface area contributed by atoms with Crippen LogP contribution < -0.4 is 9.47 Å². The first-order chi connectivity index (χ1) is 15.1. The number of rotatable bonds is 5. The van der Waals surface area contributed by atoms with Crippen LogP contribution in [0.3, 0.4) is 0 Å². The van der Waals surface area contributed by atoms with Crippen molar-refractivity contribution >= 4 is 18.0 Å². The summed E-state index contributed by atoms with van der Waals surface area (Å²) in [7, 11) is 3.18. The van der Waals surface area contributed by atoms with Crippen molar-refractivity contribution in [1.29, 1.82) is 0 Å². The summed E-state index contributed by atoms with van der Waals surface area (Å²) < 4.78 is 26.1. The SMILES string of the molecule is COc1ccc(-c2nn([C@@H]3CC(=O)[C@H]4OC[C@@H]3O4)c(=S)n2-c2ccccc2)cc1OC. The molecule has 31 heavy (non-hydrogen) atoms. The minimum Gasteiger partial charge on any atom is -0.493 e. The second-order valence-corrected chi connectivity index (χ2v) is 7.73. The first kappa shape index (κ1) is 19.9. The lowest BCUT2D eigenvalue weighted by atomic mass is 10.0. The molecule has 160 valence electrons. The van der Waals surface area contributed by atoms with Gasteiger partial charge in [-0.05, 0) is 42.5 Å². The van der Waals surface area contributed by atoms with Crippen molar-refractivity contribution in [3.05, 3.63) is 53.3 Å². The monoisotopic (exact) mass is 439 g/mol. The molecule has 2 aliphatic rings. The Morgan fingerprint density at radius 1 is 1.10 bits per heavy atom. The van der Waals surface area contributed by atoms with Gasteiger partial charge in [0.25, 0.3) is 0 Å². The summed E-state index contributed by atoms with van der Waals surface area (Å²) in [5.74, 6) is 1.74. The number of nitrogens with zero attached hydrogens (tertiary/aromatic N) is 3. The number of para-hydroxylation sites is 1. The molecule has 1 aromatic heterocycles. The van der Waals surface area contributed by atoms with Crippen molar-refractivity contribution in [1.82, 2.24) is 14.3 Å². The van der Waals surface area contributed by atoms with Crippen molar-refractivity contribution < 1.29 is 23.7 Å². The number of ether oxygens (including phenoxy) is 4. The molecule has 2 bridgehead atoms. The van der Waals surface area contributed by atoms with E-state index in [0.29, 0.717) is 28.7 Å². The van der Waals surface area contributed by atoms with E-state index >= 15 is 0 Å². The van der Waals surface area contributed by atoms with E-state index < -0.39 is 6.29 Å². The van der Waals surface area contributed by atoms with Crippen LogP contribution in [0.15, 0.2) is 48.5 Å². The summed E-state index contributed by atoms with van der Waals surface area (Å²) in [6, 6.07) is 15.0. The maximum Gasteiger partial charge on any atom is 0.218 e. The van der Waals surface area contributed by atoms with Crippen LogP contribution in [0.5, 0.6) is 11.5 Å². The molecule has 0 aliphatic carbocycles. The Morgan fingerprint density at radius 2 is 1.87 bits per heavy atom. The lowest BCUT2D eigenvalue weighted by Gasteiger charge is -2.26. The van der Waals surface area contributed by atoms with E-state index in [-0.39, 0.29) is 24.3 Å². The van der Waals surface area contributed by atoms with E-state index in [2.05, 4.69) is 0 Å². The molecule has 2 saturated heterocycles. The lowest BCUT2D eigenvalue weighted by Crippen LogP contribution is -2.37. The topological polar surface area (TPSA) is 76.7 Å². The molecule has 0 N–H and O–H groups in total. The summed E-state index contributed by atoms with van der Waals surface area (Å²) in [6.45, 7) is 0.340. The molecule has 8 nitrogen and oxygen atoms in total. The normalized spacial score (nSPS) is 22.5. The van der Waals surface area contributed by atoms with Crippen LogP contribution in [0, 0.1) is 4.77 Å². The van der Waals surface area contributed by atoms with Gasteiger partial charge in [0, 0.05) is 17.7 Å². The van der Waals surface area contributed by atoms with Crippen LogP contribution in [0.1, 0.15) is 12.5 Å². The average Bonchev–Trinajstić information content (AvgIpc) is 3.39. The number of ketones is 1. The van der Waals surface area contributed by atoms with Gasteiger partial charge >= 0.3 is 0 Å². The fourth-order valence-corrected chi connectivity index (χ4v) is 4.41. The highest BCUT2D eigenvalue weighted by Crippen LogP contribution is 2.36. The van der Waals surface area contributed by atoms with Crippen LogP contribution in [0.2, 0.25) is 0 Å². The molecule has 3 atom stereocenters. The number of carbonyl (C=O) groups is 1. The number of carbonyl (C=O) groups excluding carboxylic acids is 1. The summed E-state index contributed by atoms with van der Waals surface area (Å²) in [6.07, 6.45) is -0.774. The van der Waals surface area contributed by atoms with Gasteiger partial charge < -0.3 is 18.9 Å². The molecule has 2 fully saturated rings. The smallest absolute Gasteiger partial charge is 0.218 e. The van der Waals surface area contributed by atoms with Crippen molar-refractivity contribution in [2.24, 2.45) is 0 Å². The molecule has 2 aliphatic heterocycles. The highest BCUT2D eigenvalue weighted by atomic mass is 32.1. The molecular weight excluding hydrogens is 418 g/mol. The molecule has 0 radical (unpaired) electrons. The third-order valence-electron chi connectivity index (χ3n) is 5.58. The maximum atomic E-state index is 12.4. The Bertz CT molecular complexity index is 1190. The van der Waals surface area contributed by atoms with Crippen LogP contribution >= 0.6 is 12.2 Å². The highest BCUT2D eigenvalue weighted by Gasteiger charge is 2.45. The minimum absolute atomic E-state index is 0.0948. The van der Waals surface area contributed by atoms with Gasteiger partial charge in [0.15, 0.2) is 23.1 Å². The van der Waals surface area contributed by atoms with Crippen molar-refractivity contribution in [3.8, 4) is 28.6 Å². The quantitative estimate of drug-likeness (QED) is 0.564. The fraction of sp³-hybridized carbons (Fsp3) is 0.318. The Labute approximate surface area is 183 Å². The molecule has 0 spiro atoms. The number of Topliss-reactive ketones (excluding diaryl/α,β-unsaturated/α-hetero) is 1. The van der Waals surface area contributed by atoms with Gasteiger partial charge in [-0.2, -0.15) is 5.10 Å². The number of methoxy groups -OCH3 is 2. The molecule has 5 rings (SSSR count). The van der Waals surface area contributed by atoms with E-state index in [0.717, 1.165) is 11.3 Å². The maximum absolute atomic E-state index is 12.4. The first-order valence-electron chi connectivity index (χ1n) is 9.90. The third kappa shape index (κ3) is 3.34. The summed E-state index contributed by atoms with van der Waals surface area (Å²) in [4.78, 5) is 12.4. The second-order valence-electron chi connectivity index (χ2n) is 7.37. The Hall–Kier alpha value is -3.01. The average molecular weight is 439 g/mol. The van der Waals surface area contributed by atoms with Gasteiger partial charge in [0.1, 0.15) is 6.10 Å². The molecule has 0 unspecified atom stereocenters. The Kier molecular flexibility index (Phi) is 5.09. The van der Waals surface area contributed by atoms with Gasteiger partial charge in [-0.1, -0.05) is 18.2 Å². The minimum atomic E-state index is -0.767. The standard InChI is InChI=1S/C22H21N3O5S/c1-27-17-9-8-13(10-18(17)28-2)20-23-25(15-11-16(26)21-29-12-19(15)30-21)22(31)24(20)14-6-4-3-5-7-14/h3-10,15,19,21H,11-12H2,1-2H3/t15-,19+,21+/m1/s1. The molecule has 2 aromatic carbocycles. The molecule has 3 aromatic rings. The van der Waals surface area contributed by atoms with Crippen LogP contribution in [0.4, 0.5) is 0 Å². The molecule has 3 heterocycles. The second kappa shape index (κ2) is 7.92. The first-order valence-corrected chi connectivity index (χ1v) is 10.3. The summed E-state index contributed by atoms with van der Waals surface area (Å²) >= 11 is 5.84. The Morgan fingerprint density at radius 3 is 2.61 bits per heavy atom. The van der Waals surface area contributed by atoms with Crippen LogP contribution in [-0.2, 0) is 14.3 Å². The van der Waals surface area contributed by atoms with E-state index in [1.165, 1.54) is 0 Å². The van der Waals surface area contributed by atoms with E-state index in [1.54, 1.807) is 18.9 Å². The van der Waals surface area contributed by atoms with Crippen molar-refractivity contribution in [2.75, 3.05) is 20.8 Å².